The van der Waals surface area contributed by atoms with Gasteiger partial charge in [-0.2, -0.15) is 5.10 Å². The summed E-state index contributed by atoms with van der Waals surface area (Å²) in [4.78, 5) is 23.2. The van der Waals surface area contributed by atoms with Crippen LogP contribution in [0.4, 0.5) is 0 Å². The van der Waals surface area contributed by atoms with Crippen molar-refractivity contribution >= 4 is 23.4 Å². The van der Waals surface area contributed by atoms with Gasteiger partial charge in [-0.1, -0.05) is 18.2 Å². The van der Waals surface area contributed by atoms with Crippen molar-refractivity contribution in [3.63, 3.8) is 0 Å². The first kappa shape index (κ1) is 20.1. The number of nitrogens with one attached hydrogen (secondary N) is 2. The van der Waals surface area contributed by atoms with Crippen molar-refractivity contribution in [1.29, 1.82) is 0 Å². The Morgan fingerprint density at radius 3 is 2.52 bits per heavy atom. The SMILES string of the molecule is Cc1nn(-c2ccccc2)c2nc(CC3CCN(C4CNC4)CC3)[nH]c(=O)c12.Cl. The van der Waals surface area contributed by atoms with E-state index in [0.29, 0.717) is 22.6 Å². The molecule has 2 N–H and O–H groups in total. The van der Waals surface area contributed by atoms with Crippen LogP contribution in [0.3, 0.4) is 0 Å². The smallest absolute Gasteiger partial charge is 0.262 e. The first-order chi connectivity index (χ1) is 13.7. The number of para-hydroxylation sites is 1. The second kappa shape index (κ2) is 8.26. The molecule has 2 saturated heterocycles. The fourth-order valence-electron chi connectivity index (χ4n) is 4.41. The predicted molar refractivity (Wildman–Crippen MR) is 116 cm³/mol. The first-order valence-corrected chi connectivity index (χ1v) is 10.2. The first-order valence-electron chi connectivity index (χ1n) is 10.2. The number of hydrogen-bond acceptors (Lipinski definition) is 5. The average molecular weight is 415 g/mol. The highest BCUT2D eigenvalue weighted by Gasteiger charge is 2.29. The molecule has 2 aliphatic heterocycles. The van der Waals surface area contributed by atoms with Gasteiger partial charge in [-0.3, -0.25) is 9.69 Å². The third kappa shape index (κ3) is 3.82. The molecule has 0 saturated carbocycles. The molecule has 0 radical (unpaired) electrons. The van der Waals surface area contributed by atoms with Gasteiger partial charge in [0.2, 0.25) is 0 Å². The number of aryl methyl sites for hydroxylation is 1. The molecule has 8 heteroatoms. The van der Waals surface area contributed by atoms with Crippen molar-refractivity contribution in [1.82, 2.24) is 30.0 Å². The van der Waals surface area contributed by atoms with Gasteiger partial charge in [0.05, 0.1) is 11.4 Å². The minimum atomic E-state index is -0.0855. The zero-order valence-corrected chi connectivity index (χ0v) is 17.4. The monoisotopic (exact) mass is 414 g/mol. The van der Waals surface area contributed by atoms with Crippen molar-refractivity contribution in [2.75, 3.05) is 26.2 Å². The summed E-state index contributed by atoms with van der Waals surface area (Å²) in [5.41, 5.74) is 2.20. The number of likely N-dealkylation sites (tertiary alicyclic amines) is 1. The lowest BCUT2D eigenvalue weighted by atomic mass is 9.91. The van der Waals surface area contributed by atoms with Crippen molar-refractivity contribution in [3.8, 4) is 5.69 Å². The van der Waals surface area contributed by atoms with Gasteiger partial charge < -0.3 is 10.3 Å². The highest BCUT2D eigenvalue weighted by Crippen LogP contribution is 2.24. The van der Waals surface area contributed by atoms with Gasteiger partial charge >= 0.3 is 0 Å². The van der Waals surface area contributed by atoms with E-state index in [1.807, 2.05) is 37.3 Å². The second-order valence-electron chi connectivity index (χ2n) is 8.04. The van der Waals surface area contributed by atoms with Crippen LogP contribution in [0.15, 0.2) is 35.1 Å². The van der Waals surface area contributed by atoms with E-state index in [0.717, 1.165) is 63.0 Å². The largest absolute Gasteiger partial charge is 0.314 e. The van der Waals surface area contributed by atoms with E-state index in [1.165, 1.54) is 0 Å². The molecule has 1 aromatic carbocycles. The molecule has 2 aromatic heterocycles. The summed E-state index contributed by atoms with van der Waals surface area (Å²) in [6, 6.07) is 10.6. The Hall–Kier alpha value is -2.22. The zero-order chi connectivity index (χ0) is 19.1. The van der Waals surface area contributed by atoms with Gasteiger partial charge in [0, 0.05) is 25.6 Å². The van der Waals surface area contributed by atoms with Crippen molar-refractivity contribution in [2.24, 2.45) is 5.92 Å². The average Bonchev–Trinajstić information content (AvgIpc) is 3.00. The highest BCUT2D eigenvalue weighted by atomic mass is 35.5. The van der Waals surface area contributed by atoms with Crippen LogP contribution in [-0.2, 0) is 6.42 Å². The number of aromatic nitrogens is 4. The van der Waals surface area contributed by atoms with E-state index in [4.69, 9.17) is 4.98 Å². The van der Waals surface area contributed by atoms with Gasteiger partial charge in [0.25, 0.3) is 5.56 Å². The third-order valence-electron chi connectivity index (χ3n) is 6.17. The molecule has 0 aliphatic carbocycles. The molecule has 2 aliphatic rings. The van der Waals surface area contributed by atoms with Gasteiger partial charge in [-0.25, -0.2) is 9.67 Å². The van der Waals surface area contributed by atoms with Crippen LogP contribution in [0.5, 0.6) is 0 Å². The molecule has 0 unspecified atom stereocenters. The standard InChI is InChI=1S/C21H26N6O.ClH/c1-14-19-20(27(25-14)16-5-3-2-4-6-16)23-18(24-21(19)28)11-15-7-9-26(10-8-15)17-12-22-13-17;/h2-6,15,17,22H,7-13H2,1H3,(H,23,24,28);1H. The number of hydrogen-bond donors (Lipinski definition) is 2. The molecule has 0 bridgehead atoms. The molecule has 0 spiro atoms. The van der Waals surface area contributed by atoms with E-state index in [2.05, 4.69) is 20.3 Å². The Labute approximate surface area is 175 Å². The van der Waals surface area contributed by atoms with Crippen molar-refractivity contribution < 1.29 is 0 Å². The molecule has 154 valence electrons. The number of aromatic amines is 1. The van der Waals surface area contributed by atoms with Crippen LogP contribution in [0.1, 0.15) is 24.4 Å². The molecular formula is C21H27ClN6O. The van der Waals surface area contributed by atoms with Crippen LogP contribution < -0.4 is 10.9 Å². The highest BCUT2D eigenvalue weighted by molar-refractivity contribution is 5.85. The van der Waals surface area contributed by atoms with E-state index in [1.54, 1.807) is 4.68 Å². The normalized spacial score (nSPS) is 18.5. The van der Waals surface area contributed by atoms with E-state index >= 15 is 0 Å². The number of H-pyrrole nitrogens is 1. The Morgan fingerprint density at radius 2 is 1.86 bits per heavy atom. The molecule has 5 rings (SSSR count). The Kier molecular flexibility index (Phi) is 5.72. The second-order valence-corrected chi connectivity index (χ2v) is 8.04. The number of halogens is 1. The van der Waals surface area contributed by atoms with E-state index in [-0.39, 0.29) is 18.0 Å². The molecule has 0 amide bonds. The van der Waals surface area contributed by atoms with Gasteiger partial charge in [0.15, 0.2) is 5.65 Å². The summed E-state index contributed by atoms with van der Waals surface area (Å²) < 4.78 is 1.79. The fraction of sp³-hybridized carbons (Fsp3) is 0.476. The lowest BCUT2D eigenvalue weighted by molar-refractivity contribution is 0.0983. The molecule has 3 aromatic rings. The molecule has 2 fully saturated rings. The number of fused-ring (bicyclic) bond motifs is 1. The van der Waals surface area contributed by atoms with Gasteiger partial charge in [0.1, 0.15) is 11.2 Å². The molecule has 29 heavy (non-hydrogen) atoms. The van der Waals surface area contributed by atoms with Gasteiger partial charge in [-0.05, 0) is 50.9 Å². The summed E-state index contributed by atoms with van der Waals surface area (Å²) >= 11 is 0. The van der Waals surface area contributed by atoms with Crippen LogP contribution >= 0.6 is 12.4 Å². The summed E-state index contributed by atoms with van der Waals surface area (Å²) in [5.74, 6) is 1.34. The Bertz CT molecular complexity index is 1030. The Balaban J connectivity index is 0.00000205. The van der Waals surface area contributed by atoms with Crippen LogP contribution in [0.25, 0.3) is 16.7 Å². The molecule has 7 nitrogen and oxygen atoms in total. The lowest BCUT2D eigenvalue weighted by Crippen LogP contribution is -2.58. The number of rotatable bonds is 4. The number of benzene rings is 1. The Morgan fingerprint density at radius 1 is 1.14 bits per heavy atom. The summed E-state index contributed by atoms with van der Waals surface area (Å²) in [5, 5.41) is 8.51. The minimum Gasteiger partial charge on any atom is -0.314 e. The number of nitrogens with zero attached hydrogens (tertiary/aromatic N) is 4. The maximum atomic E-state index is 12.7. The fourth-order valence-corrected chi connectivity index (χ4v) is 4.41. The van der Waals surface area contributed by atoms with Crippen molar-refractivity contribution in [3.05, 3.63) is 52.2 Å². The lowest BCUT2D eigenvalue weighted by Gasteiger charge is -2.42. The maximum absolute atomic E-state index is 12.7. The summed E-state index contributed by atoms with van der Waals surface area (Å²) in [7, 11) is 0. The van der Waals surface area contributed by atoms with E-state index < -0.39 is 0 Å². The quantitative estimate of drug-likeness (QED) is 0.683. The topological polar surface area (TPSA) is 78.8 Å². The van der Waals surface area contributed by atoms with Crippen LogP contribution in [-0.4, -0.2) is 56.9 Å². The van der Waals surface area contributed by atoms with E-state index in [9.17, 15) is 4.79 Å². The van der Waals surface area contributed by atoms with Gasteiger partial charge in [-0.15, -0.1) is 12.4 Å². The minimum absolute atomic E-state index is 0. The molecular weight excluding hydrogens is 388 g/mol. The summed E-state index contributed by atoms with van der Waals surface area (Å²) in [6.07, 6.45) is 3.14. The maximum Gasteiger partial charge on any atom is 0.262 e. The van der Waals surface area contributed by atoms with Crippen LogP contribution in [0.2, 0.25) is 0 Å². The van der Waals surface area contributed by atoms with Crippen molar-refractivity contribution in [2.45, 2.75) is 32.2 Å². The van der Waals surface area contributed by atoms with Crippen LogP contribution in [0, 0.1) is 12.8 Å². The number of piperidine rings is 1. The molecule has 4 heterocycles. The zero-order valence-electron chi connectivity index (χ0n) is 16.6. The predicted octanol–water partition coefficient (Wildman–Crippen LogP) is 2.07. The molecule has 0 atom stereocenters. The third-order valence-corrected chi connectivity index (χ3v) is 6.17. The summed E-state index contributed by atoms with van der Waals surface area (Å²) in [6.45, 7) is 6.40.